The summed E-state index contributed by atoms with van der Waals surface area (Å²) in [4.78, 5) is 0. The van der Waals surface area contributed by atoms with Crippen molar-refractivity contribution in [3.05, 3.63) is 12.2 Å². The Bertz CT molecular complexity index is 274. The molecular formula is C21H38. The van der Waals surface area contributed by atoms with Crippen molar-refractivity contribution in [3.8, 4) is 0 Å². The maximum Gasteiger partial charge on any atom is -0.0348 e. The largest absolute Gasteiger partial charge is 0.0917 e. The Balaban J connectivity index is 1.62. The lowest BCUT2D eigenvalue weighted by Crippen LogP contribution is -2.25. The summed E-state index contributed by atoms with van der Waals surface area (Å²) in [5.74, 6) is 4.31. The molecule has 0 spiro atoms. The quantitative estimate of drug-likeness (QED) is 0.437. The van der Waals surface area contributed by atoms with Gasteiger partial charge in [-0.25, -0.2) is 0 Å². The Morgan fingerprint density at radius 3 is 1.76 bits per heavy atom. The van der Waals surface area contributed by atoms with Gasteiger partial charge in [-0.3, -0.25) is 0 Å². The van der Waals surface area contributed by atoms with Gasteiger partial charge in [-0.2, -0.15) is 0 Å². The first kappa shape index (κ1) is 17.1. The van der Waals surface area contributed by atoms with Crippen molar-refractivity contribution in [2.24, 2.45) is 23.7 Å². The van der Waals surface area contributed by atoms with Gasteiger partial charge in [0.1, 0.15) is 0 Å². The highest BCUT2D eigenvalue weighted by molar-refractivity contribution is 4.84. The predicted octanol–water partition coefficient (Wildman–Crippen LogP) is 7.15. The Morgan fingerprint density at radius 1 is 0.762 bits per heavy atom. The maximum atomic E-state index is 2.35. The van der Waals surface area contributed by atoms with Crippen molar-refractivity contribution in [2.75, 3.05) is 0 Å². The molecule has 0 radical (unpaired) electrons. The standard InChI is InChI=1S/C21H38/c1-3-5-7-9-19-12-16-21(17-13-19)20-14-10-18(11-15-20)8-6-4-2/h3,5,18-21H,4,6-17H2,1-2H3/b5-3+. The molecule has 2 aliphatic rings. The number of hydrogen-bond acceptors (Lipinski definition) is 0. The fraction of sp³-hybridized carbons (Fsp3) is 0.905. The summed E-state index contributed by atoms with van der Waals surface area (Å²) in [6.45, 7) is 4.48. The number of rotatable bonds is 7. The van der Waals surface area contributed by atoms with E-state index >= 15 is 0 Å². The van der Waals surface area contributed by atoms with Gasteiger partial charge in [-0.05, 0) is 69.1 Å². The van der Waals surface area contributed by atoms with Crippen LogP contribution in [0.4, 0.5) is 0 Å². The summed E-state index contributed by atoms with van der Waals surface area (Å²) < 4.78 is 0. The van der Waals surface area contributed by atoms with Gasteiger partial charge in [0.25, 0.3) is 0 Å². The maximum absolute atomic E-state index is 2.35. The van der Waals surface area contributed by atoms with Gasteiger partial charge in [-0.15, -0.1) is 0 Å². The second kappa shape index (κ2) is 9.70. The Hall–Kier alpha value is -0.260. The second-order valence-electron chi connectivity index (χ2n) is 7.85. The molecular weight excluding hydrogens is 252 g/mol. The summed E-state index contributed by atoms with van der Waals surface area (Å²) in [5, 5.41) is 0. The molecule has 2 saturated carbocycles. The van der Waals surface area contributed by atoms with E-state index in [1.807, 2.05) is 0 Å². The van der Waals surface area contributed by atoms with Crippen molar-refractivity contribution < 1.29 is 0 Å². The molecule has 0 saturated heterocycles. The minimum Gasteiger partial charge on any atom is -0.0917 e. The molecule has 0 unspecified atom stereocenters. The molecule has 21 heavy (non-hydrogen) atoms. The van der Waals surface area contributed by atoms with Gasteiger partial charge in [0.2, 0.25) is 0 Å². The highest BCUT2D eigenvalue weighted by Gasteiger charge is 2.30. The van der Waals surface area contributed by atoms with E-state index in [4.69, 9.17) is 0 Å². The lowest BCUT2D eigenvalue weighted by molar-refractivity contribution is 0.141. The molecule has 2 aliphatic carbocycles. The molecule has 0 aromatic rings. The van der Waals surface area contributed by atoms with E-state index < -0.39 is 0 Å². The van der Waals surface area contributed by atoms with Crippen LogP contribution in [0.15, 0.2) is 12.2 Å². The fourth-order valence-electron chi connectivity index (χ4n) is 4.89. The van der Waals surface area contributed by atoms with E-state index in [1.165, 1.54) is 44.9 Å². The van der Waals surface area contributed by atoms with Gasteiger partial charge in [0.15, 0.2) is 0 Å². The highest BCUT2D eigenvalue weighted by Crippen LogP contribution is 2.42. The van der Waals surface area contributed by atoms with Crippen LogP contribution < -0.4 is 0 Å². The first-order valence-corrected chi connectivity index (χ1v) is 9.94. The minimum atomic E-state index is 1.04. The first-order valence-electron chi connectivity index (χ1n) is 9.94. The molecule has 0 aromatic carbocycles. The van der Waals surface area contributed by atoms with Crippen LogP contribution in [0.3, 0.4) is 0 Å². The van der Waals surface area contributed by atoms with E-state index in [1.54, 1.807) is 38.5 Å². The zero-order valence-electron chi connectivity index (χ0n) is 14.7. The minimum absolute atomic E-state index is 1.04. The highest BCUT2D eigenvalue weighted by atomic mass is 14.4. The van der Waals surface area contributed by atoms with Gasteiger partial charge in [-0.1, -0.05) is 64.0 Å². The molecule has 2 rings (SSSR count). The summed E-state index contributed by atoms with van der Waals surface area (Å²) in [7, 11) is 0. The molecule has 0 heterocycles. The van der Waals surface area contributed by atoms with E-state index in [-0.39, 0.29) is 0 Å². The summed E-state index contributed by atoms with van der Waals surface area (Å²) >= 11 is 0. The van der Waals surface area contributed by atoms with Crippen molar-refractivity contribution in [1.29, 1.82) is 0 Å². The van der Waals surface area contributed by atoms with Gasteiger partial charge in [0.05, 0.1) is 0 Å². The van der Waals surface area contributed by atoms with Crippen LogP contribution >= 0.6 is 0 Å². The third-order valence-electron chi connectivity index (χ3n) is 6.39. The molecule has 0 heteroatoms. The fourth-order valence-corrected chi connectivity index (χ4v) is 4.89. The first-order chi connectivity index (χ1) is 10.3. The third kappa shape index (κ3) is 5.80. The van der Waals surface area contributed by atoms with Gasteiger partial charge < -0.3 is 0 Å². The SMILES string of the molecule is C/C=C/CCC1CCC(C2CCC(CCCC)CC2)CC1. The molecule has 0 nitrogen and oxygen atoms in total. The molecule has 2 fully saturated rings. The number of hydrogen-bond donors (Lipinski definition) is 0. The Labute approximate surface area is 133 Å². The molecule has 0 N–H and O–H groups in total. The second-order valence-corrected chi connectivity index (χ2v) is 7.85. The van der Waals surface area contributed by atoms with Crippen LogP contribution in [-0.2, 0) is 0 Å². The summed E-state index contributed by atoms with van der Waals surface area (Å²) in [5.41, 5.74) is 0. The number of allylic oxidation sites excluding steroid dienone is 2. The summed E-state index contributed by atoms with van der Waals surface area (Å²) in [6.07, 6.45) is 24.0. The van der Waals surface area contributed by atoms with E-state index in [9.17, 15) is 0 Å². The van der Waals surface area contributed by atoms with E-state index in [0.29, 0.717) is 0 Å². The van der Waals surface area contributed by atoms with E-state index in [2.05, 4.69) is 26.0 Å². The van der Waals surface area contributed by atoms with Crippen molar-refractivity contribution >= 4 is 0 Å². The van der Waals surface area contributed by atoms with Crippen LogP contribution in [0.5, 0.6) is 0 Å². The average Bonchev–Trinajstić information content (AvgIpc) is 2.54. The third-order valence-corrected chi connectivity index (χ3v) is 6.39. The topological polar surface area (TPSA) is 0 Å². The summed E-state index contributed by atoms with van der Waals surface area (Å²) in [6, 6.07) is 0. The van der Waals surface area contributed by atoms with Crippen LogP contribution in [-0.4, -0.2) is 0 Å². The van der Waals surface area contributed by atoms with Crippen molar-refractivity contribution in [2.45, 2.75) is 97.3 Å². The van der Waals surface area contributed by atoms with Crippen LogP contribution in [0.2, 0.25) is 0 Å². The predicted molar refractivity (Wildman–Crippen MR) is 94.5 cm³/mol. The number of unbranched alkanes of at least 4 members (excludes halogenated alkanes) is 1. The zero-order chi connectivity index (χ0) is 14.9. The van der Waals surface area contributed by atoms with E-state index in [0.717, 1.165) is 23.7 Å². The van der Waals surface area contributed by atoms with Gasteiger partial charge in [0, 0.05) is 0 Å². The zero-order valence-corrected chi connectivity index (χ0v) is 14.7. The monoisotopic (exact) mass is 290 g/mol. The smallest absolute Gasteiger partial charge is 0.0348 e. The molecule has 0 amide bonds. The van der Waals surface area contributed by atoms with Crippen molar-refractivity contribution in [3.63, 3.8) is 0 Å². The lowest BCUT2D eigenvalue weighted by atomic mass is 9.68. The van der Waals surface area contributed by atoms with Crippen molar-refractivity contribution in [1.82, 2.24) is 0 Å². The molecule has 0 aromatic heterocycles. The Kier molecular flexibility index (Phi) is 7.89. The average molecular weight is 291 g/mol. The molecule has 0 atom stereocenters. The van der Waals surface area contributed by atoms with Gasteiger partial charge >= 0.3 is 0 Å². The van der Waals surface area contributed by atoms with Crippen LogP contribution in [0.1, 0.15) is 97.3 Å². The Morgan fingerprint density at radius 2 is 1.29 bits per heavy atom. The van der Waals surface area contributed by atoms with Crippen LogP contribution in [0.25, 0.3) is 0 Å². The van der Waals surface area contributed by atoms with Crippen LogP contribution in [0, 0.1) is 23.7 Å². The molecule has 0 bridgehead atoms. The lowest BCUT2D eigenvalue weighted by Gasteiger charge is -2.38. The molecule has 122 valence electrons. The normalized spacial score (nSPS) is 34.4. The molecule has 0 aliphatic heterocycles.